The van der Waals surface area contributed by atoms with Gasteiger partial charge < -0.3 is 15.5 Å². The van der Waals surface area contributed by atoms with Gasteiger partial charge >= 0.3 is 0 Å². The first-order valence-corrected chi connectivity index (χ1v) is 10.6. The maximum Gasteiger partial charge on any atom is 0.241 e. The SMILES string of the molecule is C[C@H](NCC(=O)N1c2ccccc2NC(=O)C[C@@H]1C)c1ccc2c(c1)CCCC2. The van der Waals surface area contributed by atoms with Crippen LogP contribution in [0.25, 0.3) is 0 Å². The highest BCUT2D eigenvalue weighted by Crippen LogP contribution is 2.31. The molecule has 1 aliphatic heterocycles. The highest BCUT2D eigenvalue weighted by molar-refractivity contribution is 6.04. The Morgan fingerprint density at radius 1 is 1.17 bits per heavy atom. The normalized spacial score (nSPS) is 19.6. The van der Waals surface area contributed by atoms with E-state index in [1.165, 1.54) is 36.0 Å². The van der Waals surface area contributed by atoms with Gasteiger partial charge in [0.05, 0.1) is 17.9 Å². The number of fused-ring (bicyclic) bond motifs is 2. The summed E-state index contributed by atoms with van der Waals surface area (Å²) in [5.74, 6) is -0.0816. The fourth-order valence-electron chi connectivity index (χ4n) is 4.43. The van der Waals surface area contributed by atoms with E-state index in [0.717, 1.165) is 12.1 Å². The molecule has 0 radical (unpaired) electrons. The van der Waals surface area contributed by atoms with Crippen molar-refractivity contribution in [3.05, 3.63) is 59.2 Å². The number of nitrogens with zero attached hydrogens (tertiary/aromatic N) is 1. The van der Waals surface area contributed by atoms with Crippen LogP contribution in [0.1, 0.15) is 55.8 Å². The van der Waals surface area contributed by atoms with Gasteiger partial charge in [-0.2, -0.15) is 0 Å². The van der Waals surface area contributed by atoms with Crippen LogP contribution in [0, 0.1) is 0 Å². The van der Waals surface area contributed by atoms with Gasteiger partial charge in [-0.3, -0.25) is 9.59 Å². The topological polar surface area (TPSA) is 61.4 Å². The number of anilines is 2. The fourth-order valence-corrected chi connectivity index (χ4v) is 4.43. The lowest BCUT2D eigenvalue weighted by atomic mass is 9.89. The highest BCUT2D eigenvalue weighted by Gasteiger charge is 2.29. The number of rotatable bonds is 4. The van der Waals surface area contributed by atoms with E-state index in [9.17, 15) is 9.59 Å². The van der Waals surface area contributed by atoms with Gasteiger partial charge in [0.1, 0.15) is 0 Å². The first-order chi connectivity index (χ1) is 14.0. The summed E-state index contributed by atoms with van der Waals surface area (Å²) >= 11 is 0. The molecule has 0 bridgehead atoms. The maximum atomic E-state index is 13.1. The van der Waals surface area contributed by atoms with Gasteiger partial charge in [0.25, 0.3) is 0 Å². The molecule has 5 nitrogen and oxygen atoms in total. The van der Waals surface area contributed by atoms with Crippen molar-refractivity contribution in [1.82, 2.24) is 5.32 Å². The molecule has 29 heavy (non-hydrogen) atoms. The molecule has 0 aromatic heterocycles. The number of carbonyl (C=O) groups excluding carboxylic acids is 2. The molecule has 2 aliphatic rings. The molecule has 2 atom stereocenters. The number of amides is 2. The van der Waals surface area contributed by atoms with Gasteiger partial charge in [0.2, 0.25) is 11.8 Å². The molecule has 152 valence electrons. The molecule has 5 heteroatoms. The summed E-state index contributed by atoms with van der Waals surface area (Å²) in [4.78, 5) is 27.0. The molecule has 2 aromatic rings. The maximum absolute atomic E-state index is 13.1. The number of nitrogens with one attached hydrogen (secondary N) is 2. The minimum atomic E-state index is -0.188. The summed E-state index contributed by atoms with van der Waals surface area (Å²) in [6, 6.07) is 14.1. The summed E-state index contributed by atoms with van der Waals surface area (Å²) in [7, 11) is 0. The third-order valence-electron chi connectivity index (χ3n) is 6.06. The number of hydrogen-bond acceptors (Lipinski definition) is 3. The zero-order valence-corrected chi connectivity index (χ0v) is 17.2. The summed E-state index contributed by atoms with van der Waals surface area (Å²) in [5.41, 5.74) is 5.60. The van der Waals surface area contributed by atoms with Gasteiger partial charge in [-0.15, -0.1) is 0 Å². The largest absolute Gasteiger partial charge is 0.324 e. The molecular formula is C24H29N3O2. The van der Waals surface area contributed by atoms with E-state index in [1.54, 1.807) is 4.90 Å². The number of para-hydroxylation sites is 2. The van der Waals surface area contributed by atoms with Gasteiger partial charge in [-0.25, -0.2) is 0 Å². The fraction of sp³-hybridized carbons (Fsp3) is 0.417. The second kappa shape index (κ2) is 8.37. The monoisotopic (exact) mass is 391 g/mol. The van der Waals surface area contributed by atoms with Gasteiger partial charge in [-0.05, 0) is 68.4 Å². The zero-order valence-electron chi connectivity index (χ0n) is 17.2. The van der Waals surface area contributed by atoms with Gasteiger partial charge in [0, 0.05) is 18.5 Å². The predicted octanol–water partition coefficient (Wildman–Crippen LogP) is 3.98. The van der Waals surface area contributed by atoms with Crippen LogP contribution in [0.15, 0.2) is 42.5 Å². The van der Waals surface area contributed by atoms with Crippen molar-refractivity contribution in [3.63, 3.8) is 0 Å². The minimum absolute atomic E-state index is 0.0220. The van der Waals surface area contributed by atoms with E-state index < -0.39 is 0 Å². The minimum Gasteiger partial charge on any atom is -0.324 e. The van der Waals surface area contributed by atoms with E-state index in [1.807, 2.05) is 31.2 Å². The summed E-state index contributed by atoms with van der Waals surface area (Å²) < 4.78 is 0. The molecule has 0 spiro atoms. The van der Waals surface area contributed by atoms with Crippen LogP contribution in [0.3, 0.4) is 0 Å². The molecule has 0 saturated heterocycles. The molecule has 1 heterocycles. The molecule has 0 saturated carbocycles. The van der Waals surface area contributed by atoms with E-state index in [4.69, 9.17) is 0 Å². The van der Waals surface area contributed by atoms with Crippen molar-refractivity contribution in [1.29, 1.82) is 0 Å². The average molecular weight is 392 g/mol. The lowest BCUT2D eigenvalue weighted by molar-refractivity contribution is -0.118. The van der Waals surface area contributed by atoms with Crippen LogP contribution < -0.4 is 15.5 Å². The molecule has 2 amide bonds. The molecule has 4 rings (SSSR count). The average Bonchev–Trinajstić information content (AvgIpc) is 2.85. The van der Waals surface area contributed by atoms with Crippen molar-refractivity contribution in [2.75, 3.05) is 16.8 Å². The predicted molar refractivity (Wildman–Crippen MR) is 116 cm³/mol. The Balaban J connectivity index is 1.47. The zero-order chi connectivity index (χ0) is 20.4. The summed E-state index contributed by atoms with van der Waals surface area (Å²) in [6.45, 7) is 4.25. The third kappa shape index (κ3) is 4.20. The molecule has 1 aliphatic carbocycles. The van der Waals surface area contributed by atoms with Crippen LogP contribution in [-0.2, 0) is 22.4 Å². The molecule has 2 aromatic carbocycles. The first-order valence-electron chi connectivity index (χ1n) is 10.6. The first kappa shape index (κ1) is 19.6. The summed E-state index contributed by atoms with van der Waals surface area (Å²) in [5, 5.41) is 6.29. The molecule has 0 fully saturated rings. The Morgan fingerprint density at radius 3 is 2.76 bits per heavy atom. The Bertz CT molecular complexity index is 924. The molecule has 2 N–H and O–H groups in total. The standard InChI is InChI=1S/C24H29N3O2/c1-16-13-23(28)26-21-9-5-6-10-22(21)27(16)24(29)15-25-17(2)19-12-11-18-7-3-4-8-20(18)14-19/h5-6,9-12,14,16-17,25H,3-4,7-8,13,15H2,1-2H3,(H,26,28)/t16-,17-/m0/s1. The second-order valence-corrected chi connectivity index (χ2v) is 8.22. The van der Waals surface area contributed by atoms with E-state index in [2.05, 4.69) is 35.8 Å². The number of hydrogen-bond donors (Lipinski definition) is 2. The van der Waals surface area contributed by atoms with Crippen LogP contribution in [0.4, 0.5) is 11.4 Å². The quantitative estimate of drug-likeness (QED) is 0.829. The van der Waals surface area contributed by atoms with Gasteiger partial charge in [-0.1, -0.05) is 30.3 Å². The number of benzene rings is 2. The Labute approximate surface area is 172 Å². The van der Waals surface area contributed by atoms with Crippen molar-refractivity contribution >= 4 is 23.2 Å². The molecular weight excluding hydrogens is 362 g/mol. The number of aryl methyl sites for hydroxylation is 2. The highest BCUT2D eigenvalue weighted by atomic mass is 16.2. The Kier molecular flexibility index (Phi) is 5.67. The summed E-state index contributed by atoms with van der Waals surface area (Å²) in [6.07, 6.45) is 5.16. The van der Waals surface area contributed by atoms with Crippen molar-refractivity contribution in [3.8, 4) is 0 Å². The smallest absolute Gasteiger partial charge is 0.241 e. The van der Waals surface area contributed by atoms with Crippen LogP contribution >= 0.6 is 0 Å². The Morgan fingerprint density at radius 2 is 1.93 bits per heavy atom. The Hall–Kier alpha value is -2.66. The molecule has 0 unspecified atom stereocenters. The van der Waals surface area contributed by atoms with E-state index >= 15 is 0 Å². The van der Waals surface area contributed by atoms with E-state index in [0.29, 0.717) is 12.1 Å². The van der Waals surface area contributed by atoms with Crippen LogP contribution in [0.5, 0.6) is 0 Å². The second-order valence-electron chi connectivity index (χ2n) is 8.22. The van der Waals surface area contributed by atoms with E-state index in [-0.39, 0.29) is 30.4 Å². The lowest BCUT2D eigenvalue weighted by Gasteiger charge is -2.28. The van der Waals surface area contributed by atoms with Crippen LogP contribution in [-0.4, -0.2) is 24.4 Å². The number of carbonyl (C=O) groups is 2. The van der Waals surface area contributed by atoms with Crippen molar-refractivity contribution in [2.45, 2.75) is 58.0 Å². The van der Waals surface area contributed by atoms with Gasteiger partial charge in [0.15, 0.2) is 0 Å². The lowest BCUT2D eigenvalue weighted by Crippen LogP contribution is -2.44. The van der Waals surface area contributed by atoms with Crippen molar-refractivity contribution in [2.24, 2.45) is 0 Å². The van der Waals surface area contributed by atoms with Crippen molar-refractivity contribution < 1.29 is 9.59 Å². The van der Waals surface area contributed by atoms with Crippen LogP contribution in [0.2, 0.25) is 0 Å². The third-order valence-corrected chi connectivity index (χ3v) is 6.06.